The van der Waals surface area contributed by atoms with Gasteiger partial charge in [0.05, 0.1) is 5.69 Å². The maximum Gasteiger partial charge on any atom is 0.362 e. The van der Waals surface area contributed by atoms with Gasteiger partial charge < -0.3 is 10.2 Å². The van der Waals surface area contributed by atoms with Crippen molar-refractivity contribution in [1.29, 1.82) is 0 Å². The Morgan fingerprint density at radius 1 is 0.920 bits per heavy atom. The molecule has 0 bridgehead atoms. The van der Waals surface area contributed by atoms with E-state index in [1.54, 1.807) is 12.1 Å². The van der Waals surface area contributed by atoms with Crippen molar-refractivity contribution >= 4 is 5.78 Å². The van der Waals surface area contributed by atoms with Crippen molar-refractivity contribution in [2.45, 2.75) is 13.8 Å². The van der Waals surface area contributed by atoms with Crippen LogP contribution in [0.15, 0.2) is 58.1 Å². The number of carbonyl (C=O) groups excluding carboxylic acids is 1. The number of ketones is 1. The van der Waals surface area contributed by atoms with Gasteiger partial charge in [-0.1, -0.05) is 58.3 Å². The summed E-state index contributed by atoms with van der Waals surface area (Å²) in [5.74, 6) is -0.498. The second-order valence-corrected chi connectivity index (χ2v) is 5.92. The zero-order valence-corrected chi connectivity index (χ0v) is 13.7. The van der Waals surface area contributed by atoms with Gasteiger partial charge in [-0.3, -0.25) is 9.59 Å². The summed E-state index contributed by atoms with van der Waals surface area (Å²) in [4.78, 5) is 37.4. The van der Waals surface area contributed by atoms with Gasteiger partial charge in [0, 0.05) is 11.6 Å². The second kappa shape index (κ2) is 6.24. The average molecular weight is 336 g/mol. The van der Waals surface area contributed by atoms with Crippen LogP contribution in [0.2, 0.25) is 0 Å². The van der Waals surface area contributed by atoms with E-state index in [9.17, 15) is 14.4 Å². The van der Waals surface area contributed by atoms with Crippen molar-refractivity contribution in [2.75, 3.05) is 0 Å². The number of nitrogens with zero attached hydrogens (tertiary/aromatic N) is 1. The molecule has 0 radical (unpaired) electrons. The molecule has 0 aliphatic rings. The quantitative estimate of drug-likeness (QED) is 0.567. The Morgan fingerprint density at radius 2 is 1.52 bits per heavy atom. The number of H-pyrrole nitrogens is 1. The van der Waals surface area contributed by atoms with E-state index in [0.717, 1.165) is 28.3 Å². The van der Waals surface area contributed by atoms with E-state index < -0.39 is 17.0 Å². The van der Waals surface area contributed by atoms with Crippen LogP contribution in [-0.4, -0.2) is 20.7 Å². The maximum absolute atomic E-state index is 12.4. The zero-order chi connectivity index (χ0) is 18.1. The molecule has 0 aliphatic carbocycles. The highest BCUT2D eigenvalue weighted by Gasteiger charge is 2.13. The van der Waals surface area contributed by atoms with Crippen LogP contribution in [0.5, 0.6) is 0 Å². The van der Waals surface area contributed by atoms with Gasteiger partial charge in [-0.15, -0.1) is 0 Å². The topological polar surface area (TPSA) is 92.2 Å². The maximum atomic E-state index is 12.4. The van der Waals surface area contributed by atoms with Gasteiger partial charge >= 0.3 is 5.69 Å². The van der Waals surface area contributed by atoms with Gasteiger partial charge in [0.15, 0.2) is 0 Å². The lowest BCUT2D eigenvalue weighted by Crippen LogP contribution is -2.34. The fourth-order valence-electron chi connectivity index (χ4n) is 2.72. The molecule has 0 amide bonds. The Bertz CT molecular complexity index is 1020. The van der Waals surface area contributed by atoms with E-state index in [-0.39, 0.29) is 10.4 Å². The van der Waals surface area contributed by atoms with Crippen molar-refractivity contribution in [2.24, 2.45) is 0 Å². The molecule has 0 aliphatic heterocycles. The van der Waals surface area contributed by atoms with Crippen LogP contribution >= 0.6 is 0 Å². The van der Waals surface area contributed by atoms with E-state index in [2.05, 4.69) is 23.2 Å². The van der Waals surface area contributed by atoms with E-state index in [0.29, 0.717) is 5.56 Å². The van der Waals surface area contributed by atoms with Gasteiger partial charge in [0.25, 0.3) is 5.56 Å². The Morgan fingerprint density at radius 3 is 2.08 bits per heavy atom. The van der Waals surface area contributed by atoms with Gasteiger partial charge in [0.2, 0.25) is 5.78 Å². The highest BCUT2D eigenvalue weighted by molar-refractivity contribution is 6.07. The lowest BCUT2D eigenvalue weighted by atomic mass is 9.98. The number of hydrogen-bond donors (Lipinski definition) is 2. The first-order chi connectivity index (χ1) is 11.8. The van der Waals surface area contributed by atoms with E-state index in [4.69, 9.17) is 5.21 Å². The van der Waals surface area contributed by atoms with Gasteiger partial charge in [-0.05, 0) is 25.0 Å². The first kappa shape index (κ1) is 16.4. The van der Waals surface area contributed by atoms with Crippen LogP contribution in [0.25, 0.3) is 11.1 Å². The Balaban J connectivity index is 1.96. The first-order valence-electron chi connectivity index (χ1n) is 7.64. The number of aromatic amines is 1. The number of aryl methyl sites for hydroxylation is 2. The van der Waals surface area contributed by atoms with Crippen LogP contribution in [0.4, 0.5) is 0 Å². The molecule has 2 aromatic carbocycles. The molecule has 1 heterocycles. The molecule has 0 spiro atoms. The monoisotopic (exact) mass is 336 g/mol. The second-order valence-electron chi connectivity index (χ2n) is 5.92. The zero-order valence-electron chi connectivity index (χ0n) is 13.7. The summed E-state index contributed by atoms with van der Waals surface area (Å²) in [6.45, 7) is 4.04. The highest BCUT2D eigenvalue weighted by atomic mass is 16.5. The van der Waals surface area contributed by atoms with E-state index in [1.165, 1.54) is 0 Å². The molecule has 3 aromatic rings. The van der Waals surface area contributed by atoms with Crippen LogP contribution < -0.4 is 11.2 Å². The van der Waals surface area contributed by atoms with Gasteiger partial charge in [-0.2, -0.15) is 0 Å². The third-order valence-corrected chi connectivity index (χ3v) is 3.86. The minimum absolute atomic E-state index is 0.0834. The van der Waals surface area contributed by atoms with Crippen LogP contribution in [0, 0.1) is 13.8 Å². The lowest BCUT2D eigenvalue weighted by Gasteiger charge is -2.07. The largest absolute Gasteiger partial charge is 0.421 e. The predicted octanol–water partition coefficient (Wildman–Crippen LogP) is 2.29. The molecule has 0 unspecified atom stereocenters. The number of rotatable bonds is 3. The summed E-state index contributed by atoms with van der Waals surface area (Å²) in [5.41, 5.74) is 2.46. The number of carbonyl (C=O) groups is 1. The average Bonchev–Trinajstić information content (AvgIpc) is 2.58. The first-order valence-corrected chi connectivity index (χ1v) is 7.64. The number of benzene rings is 2. The van der Waals surface area contributed by atoms with Gasteiger partial charge in [0.1, 0.15) is 0 Å². The van der Waals surface area contributed by atoms with Crippen LogP contribution in [-0.2, 0) is 0 Å². The van der Waals surface area contributed by atoms with Gasteiger partial charge in [-0.25, -0.2) is 4.79 Å². The van der Waals surface area contributed by atoms with Crippen LogP contribution in [0.1, 0.15) is 27.2 Å². The molecule has 126 valence electrons. The molecular weight excluding hydrogens is 320 g/mol. The lowest BCUT2D eigenvalue weighted by molar-refractivity contribution is 0.103. The van der Waals surface area contributed by atoms with Crippen molar-refractivity contribution in [3.05, 3.63) is 91.8 Å². The third kappa shape index (κ3) is 3.28. The predicted molar refractivity (Wildman–Crippen MR) is 93.3 cm³/mol. The normalized spacial score (nSPS) is 10.6. The Hall–Kier alpha value is -3.41. The van der Waals surface area contributed by atoms with Crippen molar-refractivity contribution in [3.63, 3.8) is 0 Å². The number of hydrogen-bond acceptors (Lipinski definition) is 4. The van der Waals surface area contributed by atoms with Crippen molar-refractivity contribution < 1.29 is 10.0 Å². The third-order valence-electron chi connectivity index (χ3n) is 3.86. The summed E-state index contributed by atoms with van der Waals surface area (Å²) in [7, 11) is 0. The smallest absolute Gasteiger partial charge is 0.362 e. The molecular formula is C19H16N2O4. The molecule has 0 atom stereocenters. The van der Waals surface area contributed by atoms with Crippen molar-refractivity contribution in [1.82, 2.24) is 9.71 Å². The minimum atomic E-state index is -1.05. The molecule has 25 heavy (non-hydrogen) atoms. The molecule has 1 aromatic heterocycles. The highest BCUT2D eigenvalue weighted by Crippen LogP contribution is 2.23. The standard InChI is InChI=1S/C19H16N2O4/c1-11-7-12(2)9-15(8-11)13-3-5-14(6-4-13)18(23)16-10-17(22)21(25)19(24)20-16/h3-10,25H,1-2H3,(H,20,24). The summed E-state index contributed by atoms with van der Waals surface area (Å²) >= 11 is 0. The number of aromatic nitrogens is 2. The fourth-order valence-corrected chi connectivity index (χ4v) is 2.72. The Kier molecular flexibility index (Phi) is 4.10. The minimum Gasteiger partial charge on any atom is -0.421 e. The summed E-state index contributed by atoms with van der Waals surface area (Å²) in [6, 6.07) is 14.0. The van der Waals surface area contributed by atoms with Crippen LogP contribution in [0.3, 0.4) is 0 Å². The molecule has 0 saturated heterocycles. The summed E-state index contributed by atoms with van der Waals surface area (Å²) in [6.07, 6.45) is 0. The number of nitrogens with one attached hydrogen (secondary N) is 1. The molecule has 0 saturated carbocycles. The molecule has 3 rings (SSSR count). The van der Waals surface area contributed by atoms with Crippen molar-refractivity contribution in [3.8, 4) is 11.1 Å². The van der Waals surface area contributed by atoms with E-state index >= 15 is 0 Å². The SMILES string of the molecule is Cc1cc(C)cc(-c2ccc(C(=O)c3cc(=O)n(O)c(=O)[nH]3)cc2)c1. The fraction of sp³-hybridized carbons (Fsp3) is 0.105. The molecule has 0 fully saturated rings. The summed E-state index contributed by atoms with van der Waals surface area (Å²) < 4.78 is -0.0834. The van der Waals surface area contributed by atoms with E-state index in [1.807, 2.05) is 26.0 Å². The molecule has 2 N–H and O–H groups in total. The Labute approximate surface area is 143 Å². The molecule has 6 heteroatoms. The molecule has 6 nitrogen and oxygen atoms in total. The summed E-state index contributed by atoms with van der Waals surface area (Å²) in [5, 5.41) is 9.14.